The SMILES string of the molecule is CC1CCCC(NC(=O)c2cscn2)C1. The molecule has 2 unspecified atom stereocenters. The van der Waals surface area contributed by atoms with E-state index < -0.39 is 0 Å². The molecule has 1 saturated carbocycles. The van der Waals surface area contributed by atoms with Gasteiger partial charge >= 0.3 is 0 Å². The summed E-state index contributed by atoms with van der Waals surface area (Å²) in [5.74, 6) is 0.717. The first-order valence-electron chi connectivity index (χ1n) is 5.45. The molecule has 1 aliphatic carbocycles. The van der Waals surface area contributed by atoms with Gasteiger partial charge in [-0.1, -0.05) is 19.8 Å². The Kier molecular flexibility index (Phi) is 3.36. The Labute approximate surface area is 93.9 Å². The Balaban J connectivity index is 1.89. The van der Waals surface area contributed by atoms with Gasteiger partial charge in [-0.3, -0.25) is 4.79 Å². The molecule has 15 heavy (non-hydrogen) atoms. The normalized spacial score (nSPS) is 26.2. The van der Waals surface area contributed by atoms with E-state index in [4.69, 9.17) is 0 Å². The average Bonchev–Trinajstić information content (AvgIpc) is 2.70. The third-order valence-corrected chi connectivity index (χ3v) is 3.52. The summed E-state index contributed by atoms with van der Waals surface area (Å²) >= 11 is 1.46. The first kappa shape index (κ1) is 10.6. The van der Waals surface area contributed by atoms with Gasteiger partial charge in [0.05, 0.1) is 5.51 Å². The smallest absolute Gasteiger partial charge is 0.270 e. The summed E-state index contributed by atoms with van der Waals surface area (Å²) in [6.07, 6.45) is 4.74. The lowest BCUT2D eigenvalue weighted by Crippen LogP contribution is -2.38. The van der Waals surface area contributed by atoms with Crippen LogP contribution in [0.2, 0.25) is 0 Å². The Hall–Kier alpha value is -0.900. The molecule has 2 atom stereocenters. The summed E-state index contributed by atoms with van der Waals surface area (Å²) in [5, 5.41) is 4.85. The van der Waals surface area contributed by atoms with E-state index in [1.54, 1.807) is 10.9 Å². The van der Waals surface area contributed by atoms with Crippen LogP contribution in [-0.4, -0.2) is 16.9 Å². The van der Waals surface area contributed by atoms with Crippen LogP contribution in [0.15, 0.2) is 10.9 Å². The fourth-order valence-corrected chi connectivity index (χ4v) is 2.68. The zero-order chi connectivity index (χ0) is 10.7. The average molecular weight is 224 g/mol. The zero-order valence-electron chi connectivity index (χ0n) is 8.90. The van der Waals surface area contributed by atoms with E-state index in [0.29, 0.717) is 11.7 Å². The Morgan fingerprint density at radius 1 is 1.60 bits per heavy atom. The minimum atomic E-state index is -0.0182. The number of rotatable bonds is 2. The van der Waals surface area contributed by atoms with E-state index in [2.05, 4.69) is 17.2 Å². The lowest BCUT2D eigenvalue weighted by Gasteiger charge is -2.27. The maximum atomic E-state index is 11.7. The molecular weight excluding hydrogens is 208 g/mol. The number of hydrogen-bond donors (Lipinski definition) is 1. The van der Waals surface area contributed by atoms with Gasteiger partial charge in [0, 0.05) is 11.4 Å². The number of thiazole rings is 1. The molecule has 2 rings (SSSR count). The molecule has 4 heteroatoms. The summed E-state index contributed by atoms with van der Waals surface area (Å²) < 4.78 is 0. The topological polar surface area (TPSA) is 42.0 Å². The van der Waals surface area contributed by atoms with Gasteiger partial charge in [-0.2, -0.15) is 0 Å². The van der Waals surface area contributed by atoms with Crippen LogP contribution in [0.3, 0.4) is 0 Å². The van der Waals surface area contributed by atoms with Crippen LogP contribution < -0.4 is 5.32 Å². The second-order valence-corrected chi connectivity index (χ2v) is 5.03. The highest BCUT2D eigenvalue weighted by Crippen LogP contribution is 2.23. The molecule has 1 amide bonds. The molecule has 1 aromatic heterocycles. The number of nitrogens with one attached hydrogen (secondary N) is 1. The fraction of sp³-hybridized carbons (Fsp3) is 0.636. The summed E-state index contributed by atoms with van der Waals surface area (Å²) in [5.41, 5.74) is 2.25. The highest BCUT2D eigenvalue weighted by Gasteiger charge is 2.21. The second kappa shape index (κ2) is 4.75. The molecule has 1 N–H and O–H groups in total. The van der Waals surface area contributed by atoms with Crippen molar-refractivity contribution in [1.29, 1.82) is 0 Å². The van der Waals surface area contributed by atoms with Crippen molar-refractivity contribution in [1.82, 2.24) is 10.3 Å². The summed E-state index contributed by atoms with van der Waals surface area (Å²) in [6, 6.07) is 0.350. The zero-order valence-corrected chi connectivity index (χ0v) is 9.72. The summed E-state index contributed by atoms with van der Waals surface area (Å²) in [6.45, 7) is 2.25. The number of hydrogen-bond acceptors (Lipinski definition) is 3. The van der Waals surface area contributed by atoms with Gasteiger partial charge in [0.1, 0.15) is 5.69 Å². The molecule has 0 aromatic carbocycles. The van der Waals surface area contributed by atoms with Crippen LogP contribution in [0.25, 0.3) is 0 Å². The number of amides is 1. The minimum Gasteiger partial charge on any atom is -0.348 e. The molecule has 0 saturated heterocycles. The van der Waals surface area contributed by atoms with Crippen LogP contribution in [0.5, 0.6) is 0 Å². The van der Waals surface area contributed by atoms with Crippen molar-refractivity contribution in [3.8, 4) is 0 Å². The monoisotopic (exact) mass is 224 g/mol. The molecule has 0 radical (unpaired) electrons. The molecular formula is C11H16N2OS. The van der Waals surface area contributed by atoms with Crippen molar-refractivity contribution in [3.63, 3.8) is 0 Å². The van der Waals surface area contributed by atoms with Gasteiger partial charge in [-0.15, -0.1) is 11.3 Å². The van der Waals surface area contributed by atoms with Crippen molar-refractivity contribution in [3.05, 3.63) is 16.6 Å². The maximum Gasteiger partial charge on any atom is 0.270 e. The van der Waals surface area contributed by atoms with E-state index >= 15 is 0 Å². The van der Waals surface area contributed by atoms with Crippen molar-refractivity contribution >= 4 is 17.2 Å². The Bertz CT molecular complexity index is 323. The van der Waals surface area contributed by atoms with Crippen LogP contribution >= 0.6 is 11.3 Å². The van der Waals surface area contributed by atoms with Gasteiger partial charge < -0.3 is 5.32 Å². The van der Waals surface area contributed by atoms with Crippen molar-refractivity contribution in [2.24, 2.45) is 5.92 Å². The predicted octanol–water partition coefficient (Wildman–Crippen LogP) is 2.45. The van der Waals surface area contributed by atoms with E-state index in [1.165, 1.54) is 24.2 Å². The first-order valence-corrected chi connectivity index (χ1v) is 6.39. The highest BCUT2D eigenvalue weighted by molar-refractivity contribution is 7.07. The molecule has 1 fully saturated rings. The molecule has 1 aliphatic rings. The lowest BCUT2D eigenvalue weighted by molar-refractivity contribution is 0.0917. The standard InChI is InChI=1S/C11H16N2OS/c1-8-3-2-4-9(5-8)13-11(14)10-6-15-7-12-10/h6-9H,2-5H2,1H3,(H,13,14). The number of carbonyl (C=O) groups is 1. The Morgan fingerprint density at radius 3 is 3.13 bits per heavy atom. The van der Waals surface area contributed by atoms with Gasteiger partial charge in [0.25, 0.3) is 5.91 Å². The molecule has 3 nitrogen and oxygen atoms in total. The van der Waals surface area contributed by atoms with Gasteiger partial charge in [0.15, 0.2) is 0 Å². The van der Waals surface area contributed by atoms with Crippen LogP contribution in [0.1, 0.15) is 43.1 Å². The second-order valence-electron chi connectivity index (χ2n) is 4.32. The largest absolute Gasteiger partial charge is 0.348 e. The first-order chi connectivity index (χ1) is 7.25. The fourth-order valence-electron chi connectivity index (χ4n) is 2.15. The quantitative estimate of drug-likeness (QED) is 0.838. The number of nitrogens with zero attached hydrogens (tertiary/aromatic N) is 1. The molecule has 0 spiro atoms. The van der Waals surface area contributed by atoms with Gasteiger partial charge in [-0.25, -0.2) is 4.98 Å². The van der Waals surface area contributed by atoms with Crippen molar-refractivity contribution in [2.75, 3.05) is 0 Å². The number of aromatic nitrogens is 1. The van der Waals surface area contributed by atoms with Crippen LogP contribution in [-0.2, 0) is 0 Å². The third-order valence-electron chi connectivity index (χ3n) is 2.94. The van der Waals surface area contributed by atoms with E-state index in [0.717, 1.165) is 18.8 Å². The summed E-state index contributed by atoms with van der Waals surface area (Å²) in [4.78, 5) is 15.7. The maximum absolute atomic E-state index is 11.7. The molecule has 0 aliphatic heterocycles. The molecule has 1 aromatic rings. The predicted molar refractivity (Wildman–Crippen MR) is 61.0 cm³/mol. The summed E-state index contributed by atoms with van der Waals surface area (Å²) in [7, 11) is 0. The van der Waals surface area contributed by atoms with E-state index in [-0.39, 0.29) is 5.91 Å². The van der Waals surface area contributed by atoms with Crippen LogP contribution in [0, 0.1) is 5.92 Å². The third kappa shape index (κ3) is 2.78. The molecule has 1 heterocycles. The van der Waals surface area contributed by atoms with E-state index in [1.807, 2.05) is 0 Å². The number of carbonyl (C=O) groups excluding carboxylic acids is 1. The van der Waals surface area contributed by atoms with Gasteiger partial charge in [-0.05, 0) is 18.8 Å². The lowest BCUT2D eigenvalue weighted by atomic mass is 9.87. The van der Waals surface area contributed by atoms with E-state index in [9.17, 15) is 4.79 Å². The Morgan fingerprint density at radius 2 is 2.47 bits per heavy atom. The highest BCUT2D eigenvalue weighted by atomic mass is 32.1. The molecule has 0 bridgehead atoms. The minimum absolute atomic E-state index is 0.0182. The van der Waals surface area contributed by atoms with Crippen molar-refractivity contribution in [2.45, 2.75) is 38.6 Å². The van der Waals surface area contributed by atoms with Crippen molar-refractivity contribution < 1.29 is 4.79 Å². The molecule has 82 valence electrons. The van der Waals surface area contributed by atoms with Gasteiger partial charge in [0.2, 0.25) is 0 Å². The van der Waals surface area contributed by atoms with Crippen LogP contribution in [0.4, 0.5) is 0 Å².